The molecule has 2 saturated heterocycles. The number of oxime groups is 1. The molecule has 2 fully saturated rings. The number of halogens is 1. The van der Waals surface area contributed by atoms with Crippen LogP contribution in [0.15, 0.2) is 29.4 Å². The molecule has 2 heterocycles. The number of hydrogen-bond acceptors (Lipinski definition) is 3. The summed E-state index contributed by atoms with van der Waals surface area (Å²) in [5, 5.41) is 5.01. The normalized spacial score (nSPS) is 32.8. The Labute approximate surface area is 112 Å². The van der Waals surface area contributed by atoms with Crippen molar-refractivity contribution in [2.75, 3.05) is 26.7 Å². The van der Waals surface area contributed by atoms with E-state index in [4.69, 9.17) is 16.4 Å². The molecule has 3 nitrogen and oxygen atoms in total. The van der Waals surface area contributed by atoms with Gasteiger partial charge in [0.15, 0.2) is 0 Å². The molecule has 0 saturated carbocycles. The monoisotopic (exact) mass is 264 g/mol. The second kappa shape index (κ2) is 4.90. The fourth-order valence-electron chi connectivity index (χ4n) is 3.17. The molecule has 0 amide bonds. The van der Waals surface area contributed by atoms with Crippen LogP contribution < -0.4 is 0 Å². The maximum Gasteiger partial charge on any atom is 0.106 e. The predicted octanol–water partition coefficient (Wildman–Crippen LogP) is 2.76. The summed E-state index contributed by atoms with van der Waals surface area (Å²) in [6, 6.07) is 8.24. The number of piperidine rings is 1. The number of fused-ring (bicyclic) bond motifs is 2. The summed E-state index contributed by atoms with van der Waals surface area (Å²) in [5.41, 5.74) is 2.56. The maximum absolute atomic E-state index is 5.96. The minimum Gasteiger partial charge on any atom is -0.399 e. The van der Waals surface area contributed by atoms with Crippen molar-refractivity contribution in [3.05, 3.63) is 34.9 Å². The van der Waals surface area contributed by atoms with E-state index >= 15 is 0 Å². The van der Waals surface area contributed by atoms with Crippen molar-refractivity contribution in [2.24, 2.45) is 11.1 Å². The van der Waals surface area contributed by atoms with E-state index in [1.165, 1.54) is 17.7 Å². The quantitative estimate of drug-likeness (QED) is 0.768. The number of hydrogen-bond donors (Lipinski definition) is 0. The molecule has 0 N–H and O–H groups in total. The summed E-state index contributed by atoms with van der Waals surface area (Å²) in [4.78, 5) is 7.43. The maximum atomic E-state index is 5.96. The lowest BCUT2D eigenvalue weighted by atomic mass is 9.81. The number of benzene rings is 1. The van der Waals surface area contributed by atoms with Crippen LogP contribution in [0.25, 0.3) is 0 Å². The van der Waals surface area contributed by atoms with Gasteiger partial charge in [0.05, 0.1) is 5.71 Å². The van der Waals surface area contributed by atoms with Gasteiger partial charge in [-0.3, -0.25) is 4.90 Å². The zero-order chi connectivity index (χ0) is 12.5. The van der Waals surface area contributed by atoms with Crippen LogP contribution in [0.3, 0.4) is 0 Å². The second-order valence-electron chi connectivity index (χ2n) is 5.05. The third-order valence-corrected chi connectivity index (χ3v) is 4.27. The third-order valence-electron chi connectivity index (χ3n) is 4.02. The van der Waals surface area contributed by atoms with Crippen molar-refractivity contribution >= 4 is 17.3 Å². The first kappa shape index (κ1) is 12.0. The van der Waals surface area contributed by atoms with Crippen LogP contribution >= 0.6 is 11.6 Å². The van der Waals surface area contributed by atoms with Gasteiger partial charge in [-0.05, 0) is 36.6 Å². The average molecular weight is 265 g/mol. The summed E-state index contributed by atoms with van der Waals surface area (Å²) in [6.45, 7) is 3.21. The summed E-state index contributed by atoms with van der Waals surface area (Å²) in [6.07, 6.45) is 1.19. The van der Waals surface area contributed by atoms with Crippen molar-refractivity contribution in [3.63, 3.8) is 0 Å². The molecule has 4 heteroatoms. The minimum atomic E-state index is 0.500. The Morgan fingerprint density at radius 2 is 2.06 bits per heavy atom. The van der Waals surface area contributed by atoms with Crippen LogP contribution in [-0.4, -0.2) is 37.4 Å². The highest BCUT2D eigenvalue weighted by Crippen LogP contribution is 2.38. The average Bonchev–Trinajstić information content (AvgIpc) is 2.69. The fourth-order valence-corrected chi connectivity index (χ4v) is 3.30. The van der Waals surface area contributed by atoms with E-state index in [2.05, 4.69) is 22.2 Å². The van der Waals surface area contributed by atoms with Crippen LogP contribution in [0.5, 0.6) is 0 Å². The van der Waals surface area contributed by atoms with E-state index < -0.39 is 0 Å². The number of rotatable bonds is 2. The summed E-state index contributed by atoms with van der Waals surface area (Å²) < 4.78 is 0. The molecule has 3 rings (SSSR count). The second-order valence-corrected chi connectivity index (χ2v) is 5.49. The third kappa shape index (κ3) is 2.13. The molecule has 1 unspecified atom stereocenters. The zero-order valence-electron chi connectivity index (χ0n) is 10.5. The van der Waals surface area contributed by atoms with Crippen molar-refractivity contribution in [3.8, 4) is 0 Å². The lowest BCUT2D eigenvalue weighted by Gasteiger charge is -2.30. The van der Waals surface area contributed by atoms with Gasteiger partial charge in [-0.15, -0.1) is 0 Å². The first-order chi connectivity index (χ1) is 8.78. The Morgan fingerprint density at radius 1 is 1.28 bits per heavy atom. The lowest BCUT2D eigenvalue weighted by Crippen LogP contribution is -2.31. The summed E-state index contributed by atoms with van der Waals surface area (Å²) >= 11 is 5.96. The van der Waals surface area contributed by atoms with Crippen molar-refractivity contribution in [1.82, 2.24) is 4.90 Å². The molecular weight excluding hydrogens is 248 g/mol. The molecule has 0 radical (unpaired) electrons. The van der Waals surface area contributed by atoms with E-state index in [0.29, 0.717) is 11.8 Å². The van der Waals surface area contributed by atoms with Crippen LogP contribution in [0.4, 0.5) is 0 Å². The van der Waals surface area contributed by atoms with E-state index in [1.54, 1.807) is 7.11 Å². The van der Waals surface area contributed by atoms with Gasteiger partial charge in [0.2, 0.25) is 0 Å². The zero-order valence-corrected chi connectivity index (χ0v) is 11.2. The van der Waals surface area contributed by atoms with Gasteiger partial charge < -0.3 is 4.84 Å². The molecule has 3 atom stereocenters. The van der Waals surface area contributed by atoms with Crippen LogP contribution in [0.2, 0.25) is 5.02 Å². The Morgan fingerprint density at radius 3 is 2.78 bits per heavy atom. The Hall–Kier alpha value is -1.06. The SMILES string of the molecule is CO/N=C1\CN2CC[C@@H](c3ccc(Cl)cc3)[C@@H]1C2. The van der Waals surface area contributed by atoms with E-state index in [1.807, 2.05) is 12.1 Å². The topological polar surface area (TPSA) is 24.8 Å². The van der Waals surface area contributed by atoms with Gasteiger partial charge in [0.25, 0.3) is 0 Å². The highest BCUT2D eigenvalue weighted by Gasteiger charge is 2.40. The van der Waals surface area contributed by atoms with E-state index in [0.717, 1.165) is 24.7 Å². The molecule has 2 bridgehead atoms. The van der Waals surface area contributed by atoms with Gasteiger partial charge in [0.1, 0.15) is 7.11 Å². The molecule has 0 aromatic heterocycles. The number of nitrogens with zero attached hydrogens (tertiary/aromatic N) is 2. The van der Waals surface area contributed by atoms with Gasteiger partial charge in [-0.25, -0.2) is 0 Å². The van der Waals surface area contributed by atoms with E-state index in [9.17, 15) is 0 Å². The Balaban J connectivity index is 1.88. The Bertz CT molecular complexity index is 457. The van der Waals surface area contributed by atoms with Gasteiger partial charge in [-0.1, -0.05) is 28.9 Å². The molecule has 0 aliphatic carbocycles. The molecule has 96 valence electrons. The molecular formula is C14H17ClN2O. The molecule has 2 aliphatic rings. The molecule has 0 spiro atoms. The molecule has 18 heavy (non-hydrogen) atoms. The predicted molar refractivity (Wildman–Crippen MR) is 73.2 cm³/mol. The van der Waals surface area contributed by atoms with Crippen molar-refractivity contribution in [2.45, 2.75) is 12.3 Å². The molecule has 2 aliphatic heterocycles. The standard InChI is InChI=1S/C14H17ClN2O/c1-18-16-14-9-17-7-6-12(13(14)8-17)10-2-4-11(15)5-3-10/h2-5,12-13H,6-9H2,1H3/b16-14+/t12-,13-/m0/s1. The van der Waals surface area contributed by atoms with Crippen LogP contribution in [0, 0.1) is 5.92 Å². The fraction of sp³-hybridized carbons (Fsp3) is 0.500. The van der Waals surface area contributed by atoms with Crippen molar-refractivity contribution in [1.29, 1.82) is 0 Å². The smallest absolute Gasteiger partial charge is 0.106 e. The van der Waals surface area contributed by atoms with Crippen LogP contribution in [-0.2, 0) is 4.84 Å². The summed E-state index contributed by atoms with van der Waals surface area (Å²) in [7, 11) is 1.63. The van der Waals surface area contributed by atoms with Gasteiger partial charge in [0, 0.05) is 24.0 Å². The highest BCUT2D eigenvalue weighted by molar-refractivity contribution is 6.30. The Kier molecular flexibility index (Phi) is 3.27. The van der Waals surface area contributed by atoms with Gasteiger partial charge >= 0.3 is 0 Å². The van der Waals surface area contributed by atoms with Crippen molar-refractivity contribution < 1.29 is 4.84 Å². The first-order valence-corrected chi connectivity index (χ1v) is 6.73. The van der Waals surface area contributed by atoms with Gasteiger partial charge in [-0.2, -0.15) is 0 Å². The molecule has 1 aromatic carbocycles. The van der Waals surface area contributed by atoms with E-state index in [-0.39, 0.29) is 0 Å². The van der Waals surface area contributed by atoms with Crippen LogP contribution in [0.1, 0.15) is 17.9 Å². The first-order valence-electron chi connectivity index (χ1n) is 6.35. The largest absolute Gasteiger partial charge is 0.399 e. The lowest BCUT2D eigenvalue weighted by molar-refractivity contribution is 0.210. The highest BCUT2D eigenvalue weighted by atomic mass is 35.5. The summed E-state index contributed by atoms with van der Waals surface area (Å²) in [5.74, 6) is 1.05. The minimum absolute atomic E-state index is 0.500. The molecule has 1 aromatic rings.